The summed E-state index contributed by atoms with van der Waals surface area (Å²) in [6.45, 7) is 5.45. The van der Waals surface area contributed by atoms with Crippen LogP contribution in [0.5, 0.6) is 0 Å². The Morgan fingerprint density at radius 1 is 1.07 bits per heavy atom. The second kappa shape index (κ2) is 7.62. The summed E-state index contributed by atoms with van der Waals surface area (Å²) in [7, 11) is 2.26. The van der Waals surface area contributed by atoms with Gasteiger partial charge in [0.05, 0.1) is 11.6 Å². The largest absolute Gasteiger partial charge is 0.355 e. The molecule has 0 spiro atoms. The third kappa shape index (κ3) is 3.16. The summed E-state index contributed by atoms with van der Waals surface area (Å²) < 4.78 is 0. The molecule has 2 saturated heterocycles. The van der Waals surface area contributed by atoms with Crippen molar-refractivity contribution in [3.05, 3.63) is 47.9 Å². The molecule has 1 N–H and O–H groups in total. The van der Waals surface area contributed by atoms with Gasteiger partial charge in [-0.3, -0.25) is 10.00 Å². The quantitative estimate of drug-likeness (QED) is 0.707. The number of rotatable bonds is 2. The van der Waals surface area contributed by atoms with Crippen molar-refractivity contribution in [2.75, 3.05) is 31.6 Å². The Bertz CT molecular complexity index is 929. The van der Waals surface area contributed by atoms with E-state index in [1.54, 1.807) is 6.33 Å². The topological polar surface area (TPSA) is 60.9 Å². The summed E-state index contributed by atoms with van der Waals surface area (Å²) in [5.74, 6) is 2.31. The molecule has 0 bridgehead atoms. The van der Waals surface area contributed by atoms with Crippen molar-refractivity contribution < 1.29 is 0 Å². The summed E-state index contributed by atoms with van der Waals surface area (Å²) in [6, 6.07) is 9.29. The van der Waals surface area contributed by atoms with Gasteiger partial charge in [0, 0.05) is 31.6 Å². The smallest absolute Gasteiger partial charge is 0.160 e. The molecule has 4 heterocycles. The van der Waals surface area contributed by atoms with Crippen molar-refractivity contribution in [2.24, 2.45) is 11.8 Å². The van der Waals surface area contributed by atoms with E-state index < -0.39 is 0 Å². The molecule has 0 unspecified atom stereocenters. The molecule has 3 aromatic rings. The number of aromatic nitrogens is 4. The number of aromatic amines is 1. The Morgan fingerprint density at radius 2 is 1.89 bits per heavy atom. The van der Waals surface area contributed by atoms with Crippen LogP contribution in [0.25, 0.3) is 11.0 Å². The van der Waals surface area contributed by atoms with Gasteiger partial charge in [0.25, 0.3) is 0 Å². The Kier molecular flexibility index (Phi) is 5.60. The number of aryl methyl sites for hydroxylation is 1. The van der Waals surface area contributed by atoms with E-state index in [-0.39, 0.29) is 24.8 Å². The standard InChI is InChI=1S/C19H22N6.2ClH/c1-12-5-3-4-6-14(12)17-16-10-25(9-13(16)8-24(17)2)19-15-7-22-23-18(15)20-11-21-19;;/h3-7,11,13,16-17H,8-10H2,1-2H3,(H,20,21,22,23);2*1H/t13-,16+,17+;;/m0../s1. The van der Waals surface area contributed by atoms with Gasteiger partial charge in [0.15, 0.2) is 5.65 Å². The maximum absolute atomic E-state index is 4.56. The number of H-pyrrole nitrogens is 1. The normalized spacial score (nSPS) is 24.5. The van der Waals surface area contributed by atoms with E-state index in [2.05, 4.69) is 68.2 Å². The van der Waals surface area contributed by atoms with Gasteiger partial charge in [-0.15, -0.1) is 24.8 Å². The van der Waals surface area contributed by atoms with Crippen LogP contribution in [-0.2, 0) is 0 Å². The molecule has 0 saturated carbocycles. The lowest BCUT2D eigenvalue weighted by molar-refractivity contribution is 0.279. The van der Waals surface area contributed by atoms with Gasteiger partial charge in [-0.2, -0.15) is 5.10 Å². The molecule has 2 aliphatic rings. The number of nitrogens with one attached hydrogen (secondary N) is 1. The first-order valence-electron chi connectivity index (χ1n) is 8.87. The minimum atomic E-state index is 0. The third-order valence-electron chi connectivity index (χ3n) is 5.93. The van der Waals surface area contributed by atoms with E-state index in [1.807, 2.05) is 6.20 Å². The van der Waals surface area contributed by atoms with Crippen LogP contribution in [0.1, 0.15) is 17.2 Å². The average Bonchev–Trinajstić information content (AvgIpc) is 3.29. The van der Waals surface area contributed by atoms with E-state index in [9.17, 15) is 0 Å². The van der Waals surface area contributed by atoms with Crippen LogP contribution in [0.3, 0.4) is 0 Å². The van der Waals surface area contributed by atoms with E-state index in [1.165, 1.54) is 11.1 Å². The first-order chi connectivity index (χ1) is 12.2. The van der Waals surface area contributed by atoms with Gasteiger partial charge in [0.1, 0.15) is 12.1 Å². The van der Waals surface area contributed by atoms with Crippen molar-refractivity contribution in [1.82, 2.24) is 25.1 Å². The highest BCUT2D eigenvalue weighted by atomic mass is 35.5. The first-order valence-corrected chi connectivity index (χ1v) is 8.87. The third-order valence-corrected chi connectivity index (χ3v) is 5.93. The van der Waals surface area contributed by atoms with Crippen molar-refractivity contribution >= 4 is 41.7 Å². The number of nitrogens with zero attached hydrogens (tertiary/aromatic N) is 5. The zero-order valence-corrected chi connectivity index (χ0v) is 17.0. The minimum absolute atomic E-state index is 0. The zero-order valence-electron chi connectivity index (χ0n) is 15.4. The Labute approximate surface area is 171 Å². The summed E-state index contributed by atoms with van der Waals surface area (Å²) in [4.78, 5) is 13.8. The monoisotopic (exact) mass is 406 g/mol. The molecule has 2 fully saturated rings. The molecule has 6 nitrogen and oxygen atoms in total. The molecular formula is C19H24Cl2N6. The summed E-state index contributed by atoms with van der Waals surface area (Å²) >= 11 is 0. The van der Waals surface area contributed by atoms with Gasteiger partial charge >= 0.3 is 0 Å². The van der Waals surface area contributed by atoms with Crippen LogP contribution in [0, 0.1) is 18.8 Å². The van der Waals surface area contributed by atoms with E-state index in [4.69, 9.17) is 0 Å². The highest BCUT2D eigenvalue weighted by Gasteiger charge is 2.47. The second-order valence-corrected chi connectivity index (χ2v) is 7.40. The molecule has 0 aliphatic carbocycles. The molecule has 27 heavy (non-hydrogen) atoms. The van der Waals surface area contributed by atoms with Gasteiger partial charge in [-0.05, 0) is 31.0 Å². The Balaban J connectivity index is 0.00000105. The predicted octanol–water partition coefficient (Wildman–Crippen LogP) is 3.24. The van der Waals surface area contributed by atoms with Gasteiger partial charge in [0.2, 0.25) is 0 Å². The van der Waals surface area contributed by atoms with Crippen molar-refractivity contribution in [1.29, 1.82) is 0 Å². The van der Waals surface area contributed by atoms with Crippen molar-refractivity contribution in [3.8, 4) is 0 Å². The van der Waals surface area contributed by atoms with Crippen LogP contribution in [0.2, 0.25) is 0 Å². The molecule has 5 rings (SSSR count). The van der Waals surface area contributed by atoms with E-state index >= 15 is 0 Å². The summed E-state index contributed by atoms with van der Waals surface area (Å²) in [5, 5.41) is 8.09. The molecule has 0 amide bonds. The molecule has 3 atom stereocenters. The van der Waals surface area contributed by atoms with E-state index in [0.29, 0.717) is 17.9 Å². The fourth-order valence-electron chi connectivity index (χ4n) is 4.82. The maximum atomic E-state index is 4.56. The lowest BCUT2D eigenvalue weighted by Crippen LogP contribution is -2.29. The van der Waals surface area contributed by atoms with Gasteiger partial charge in [-0.25, -0.2) is 9.97 Å². The first kappa shape index (κ1) is 19.9. The Hall–Kier alpha value is -1.89. The molecule has 144 valence electrons. The number of likely N-dealkylation sites (tertiary alicyclic amines) is 1. The SMILES string of the molecule is Cc1ccccc1[C@@H]1[C@@H]2CN(c3ncnc4[nH]ncc34)C[C@@H]2CN1C.Cl.Cl. The maximum Gasteiger partial charge on any atom is 0.160 e. The number of halogens is 2. The van der Waals surface area contributed by atoms with Gasteiger partial charge < -0.3 is 4.90 Å². The lowest BCUT2D eigenvalue weighted by Gasteiger charge is -2.28. The highest BCUT2D eigenvalue weighted by Crippen LogP contribution is 2.46. The van der Waals surface area contributed by atoms with Crippen LogP contribution in [0.15, 0.2) is 36.8 Å². The lowest BCUT2D eigenvalue weighted by atomic mass is 9.88. The average molecular weight is 407 g/mol. The van der Waals surface area contributed by atoms with Gasteiger partial charge in [-0.1, -0.05) is 24.3 Å². The zero-order chi connectivity index (χ0) is 17.0. The summed E-state index contributed by atoms with van der Waals surface area (Å²) in [6.07, 6.45) is 3.47. The van der Waals surface area contributed by atoms with Crippen LogP contribution in [-0.4, -0.2) is 51.7 Å². The molecule has 2 aromatic heterocycles. The number of fused-ring (bicyclic) bond motifs is 2. The minimum Gasteiger partial charge on any atom is -0.355 e. The molecule has 1 aromatic carbocycles. The van der Waals surface area contributed by atoms with Crippen molar-refractivity contribution in [2.45, 2.75) is 13.0 Å². The molecule has 2 aliphatic heterocycles. The molecule has 0 radical (unpaired) electrons. The number of benzene rings is 1. The van der Waals surface area contributed by atoms with E-state index in [0.717, 1.165) is 36.5 Å². The number of hydrogen-bond acceptors (Lipinski definition) is 5. The van der Waals surface area contributed by atoms with Crippen LogP contribution < -0.4 is 4.90 Å². The molecular weight excluding hydrogens is 383 g/mol. The van der Waals surface area contributed by atoms with Crippen LogP contribution in [0.4, 0.5) is 5.82 Å². The van der Waals surface area contributed by atoms with Crippen molar-refractivity contribution in [3.63, 3.8) is 0 Å². The Morgan fingerprint density at radius 3 is 2.70 bits per heavy atom. The molecule has 8 heteroatoms. The van der Waals surface area contributed by atoms with Crippen LogP contribution >= 0.6 is 24.8 Å². The second-order valence-electron chi connectivity index (χ2n) is 7.40. The number of anilines is 1. The summed E-state index contributed by atoms with van der Waals surface area (Å²) in [5.41, 5.74) is 3.67. The highest BCUT2D eigenvalue weighted by molar-refractivity contribution is 5.86. The fraction of sp³-hybridized carbons (Fsp3) is 0.421. The number of hydrogen-bond donors (Lipinski definition) is 1. The predicted molar refractivity (Wildman–Crippen MR) is 112 cm³/mol. The fourth-order valence-corrected chi connectivity index (χ4v) is 4.82.